The van der Waals surface area contributed by atoms with Crippen LogP contribution in [-0.2, 0) is 16.6 Å². The molecule has 0 aliphatic rings. The van der Waals surface area contributed by atoms with Gasteiger partial charge in [0.2, 0.25) is 10.0 Å². The van der Waals surface area contributed by atoms with E-state index in [9.17, 15) is 8.42 Å². The minimum Gasteiger partial charge on any atom is -0.207 e. The lowest BCUT2D eigenvalue weighted by molar-refractivity contribution is 0.580. The molecule has 0 aromatic heterocycles. The van der Waals surface area contributed by atoms with Gasteiger partial charge in [-0.1, -0.05) is 41.9 Å². The highest BCUT2D eigenvalue weighted by atomic mass is 35.5. The first-order chi connectivity index (χ1) is 9.40. The quantitative estimate of drug-likeness (QED) is 0.940. The molecule has 0 unspecified atom stereocenters. The Bertz CT molecular complexity index is 712. The SMILES string of the molecule is Cc1cc(S(=O)(=O)NCc2ccccc2)c(C)cc1Cl. The second kappa shape index (κ2) is 5.95. The van der Waals surface area contributed by atoms with Gasteiger partial charge in [0.1, 0.15) is 0 Å². The van der Waals surface area contributed by atoms with Gasteiger partial charge in [-0.05, 0) is 42.7 Å². The molecule has 0 fully saturated rings. The minimum atomic E-state index is -3.54. The van der Waals surface area contributed by atoms with E-state index in [-0.39, 0.29) is 11.4 Å². The van der Waals surface area contributed by atoms with Crippen molar-refractivity contribution in [1.29, 1.82) is 0 Å². The molecule has 20 heavy (non-hydrogen) atoms. The highest BCUT2D eigenvalue weighted by Gasteiger charge is 2.17. The third-order valence-electron chi connectivity index (χ3n) is 3.05. The fourth-order valence-corrected chi connectivity index (χ4v) is 3.44. The molecule has 0 saturated carbocycles. The van der Waals surface area contributed by atoms with Gasteiger partial charge >= 0.3 is 0 Å². The summed E-state index contributed by atoms with van der Waals surface area (Å²) in [6.07, 6.45) is 0. The van der Waals surface area contributed by atoms with E-state index in [4.69, 9.17) is 11.6 Å². The number of rotatable bonds is 4. The summed E-state index contributed by atoms with van der Waals surface area (Å²) in [4.78, 5) is 0.273. The van der Waals surface area contributed by atoms with Gasteiger partial charge in [-0.25, -0.2) is 13.1 Å². The summed E-state index contributed by atoms with van der Waals surface area (Å²) < 4.78 is 27.3. The second-order valence-corrected chi connectivity index (χ2v) is 6.82. The Kier molecular flexibility index (Phi) is 4.48. The molecule has 5 heteroatoms. The largest absolute Gasteiger partial charge is 0.241 e. The van der Waals surface area contributed by atoms with Crippen LogP contribution in [0, 0.1) is 13.8 Å². The van der Waals surface area contributed by atoms with Crippen LogP contribution < -0.4 is 4.72 Å². The van der Waals surface area contributed by atoms with E-state index in [1.54, 1.807) is 26.0 Å². The topological polar surface area (TPSA) is 46.2 Å². The third-order valence-corrected chi connectivity index (χ3v) is 5.01. The fraction of sp³-hybridized carbons (Fsp3) is 0.200. The number of aryl methyl sites for hydroxylation is 2. The van der Waals surface area contributed by atoms with E-state index in [0.717, 1.165) is 11.1 Å². The number of nitrogens with one attached hydrogen (secondary N) is 1. The van der Waals surface area contributed by atoms with Crippen molar-refractivity contribution in [2.24, 2.45) is 0 Å². The van der Waals surface area contributed by atoms with Gasteiger partial charge in [0.25, 0.3) is 0 Å². The van der Waals surface area contributed by atoms with Crippen LogP contribution in [0.25, 0.3) is 0 Å². The monoisotopic (exact) mass is 309 g/mol. The summed E-state index contributed by atoms with van der Waals surface area (Å²) in [5, 5.41) is 0.574. The lowest BCUT2D eigenvalue weighted by Crippen LogP contribution is -2.24. The molecule has 0 atom stereocenters. The molecular weight excluding hydrogens is 294 g/mol. The molecule has 3 nitrogen and oxygen atoms in total. The molecule has 106 valence electrons. The van der Waals surface area contributed by atoms with Crippen LogP contribution in [0.5, 0.6) is 0 Å². The molecule has 1 N–H and O–H groups in total. The highest BCUT2D eigenvalue weighted by Crippen LogP contribution is 2.23. The number of sulfonamides is 1. The molecule has 0 aliphatic carbocycles. The van der Waals surface area contributed by atoms with Crippen LogP contribution >= 0.6 is 11.6 Å². The maximum Gasteiger partial charge on any atom is 0.241 e. The predicted molar refractivity (Wildman–Crippen MR) is 81.4 cm³/mol. The van der Waals surface area contributed by atoms with Crippen LogP contribution in [0.15, 0.2) is 47.4 Å². The second-order valence-electron chi connectivity index (χ2n) is 4.68. The highest BCUT2D eigenvalue weighted by molar-refractivity contribution is 7.89. The van der Waals surface area contributed by atoms with Crippen molar-refractivity contribution in [2.45, 2.75) is 25.3 Å². The molecule has 0 amide bonds. The molecule has 2 rings (SSSR count). The minimum absolute atomic E-state index is 0.268. The molecule has 0 heterocycles. The van der Waals surface area contributed by atoms with Crippen LogP contribution in [0.4, 0.5) is 0 Å². The van der Waals surface area contributed by atoms with Crippen LogP contribution in [-0.4, -0.2) is 8.42 Å². The fourth-order valence-electron chi connectivity index (χ4n) is 1.90. The third kappa shape index (κ3) is 3.39. The van der Waals surface area contributed by atoms with Crippen LogP contribution in [0.3, 0.4) is 0 Å². The van der Waals surface area contributed by atoms with Crippen LogP contribution in [0.1, 0.15) is 16.7 Å². The van der Waals surface area contributed by atoms with Gasteiger partial charge in [-0.2, -0.15) is 0 Å². The average Bonchev–Trinajstić information content (AvgIpc) is 2.42. The number of benzene rings is 2. The Morgan fingerprint density at radius 2 is 1.70 bits per heavy atom. The lowest BCUT2D eigenvalue weighted by Gasteiger charge is -2.11. The first-order valence-corrected chi connectivity index (χ1v) is 8.06. The normalized spacial score (nSPS) is 11.6. The maximum absolute atomic E-state index is 12.3. The number of halogens is 1. The van der Waals surface area contributed by atoms with E-state index < -0.39 is 10.0 Å². The molecule has 0 aliphatic heterocycles. The first kappa shape index (κ1) is 15.0. The lowest BCUT2D eigenvalue weighted by atomic mass is 10.2. The Morgan fingerprint density at radius 1 is 1.05 bits per heavy atom. The van der Waals surface area contributed by atoms with Crippen molar-refractivity contribution in [3.63, 3.8) is 0 Å². The smallest absolute Gasteiger partial charge is 0.207 e. The number of hydrogen-bond donors (Lipinski definition) is 1. The van der Waals surface area contributed by atoms with Crippen LogP contribution in [0.2, 0.25) is 5.02 Å². The van der Waals surface area contributed by atoms with Crippen molar-refractivity contribution in [2.75, 3.05) is 0 Å². The van der Waals surface area contributed by atoms with Gasteiger partial charge in [0.05, 0.1) is 4.90 Å². The van der Waals surface area contributed by atoms with E-state index in [2.05, 4.69) is 4.72 Å². The van der Waals surface area contributed by atoms with E-state index >= 15 is 0 Å². The van der Waals surface area contributed by atoms with Crippen molar-refractivity contribution in [1.82, 2.24) is 4.72 Å². The predicted octanol–water partition coefficient (Wildman–Crippen LogP) is 3.44. The van der Waals surface area contributed by atoms with Gasteiger partial charge < -0.3 is 0 Å². The maximum atomic E-state index is 12.3. The summed E-state index contributed by atoms with van der Waals surface area (Å²) in [6, 6.07) is 12.7. The zero-order valence-corrected chi connectivity index (χ0v) is 12.9. The Balaban J connectivity index is 2.25. The zero-order chi connectivity index (χ0) is 14.8. The van der Waals surface area contributed by atoms with E-state index in [0.29, 0.717) is 10.6 Å². The van der Waals surface area contributed by atoms with Crippen molar-refractivity contribution >= 4 is 21.6 Å². The summed E-state index contributed by atoms with van der Waals surface area (Å²) in [5.41, 5.74) is 2.30. The Hall–Kier alpha value is -1.36. The molecule has 0 bridgehead atoms. The number of hydrogen-bond acceptors (Lipinski definition) is 2. The summed E-state index contributed by atoms with van der Waals surface area (Å²) in [5.74, 6) is 0. The first-order valence-electron chi connectivity index (χ1n) is 6.20. The molecule has 0 radical (unpaired) electrons. The summed E-state index contributed by atoms with van der Waals surface area (Å²) >= 11 is 5.99. The molecule has 2 aromatic rings. The molecule has 0 spiro atoms. The Labute approximate surface area is 124 Å². The zero-order valence-electron chi connectivity index (χ0n) is 11.4. The standard InChI is InChI=1S/C15H16ClNO2S/c1-11-9-15(12(2)8-14(11)16)20(18,19)17-10-13-6-4-3-5-7-13/h3-9,17H,10H2,1-2H3. The molecule has 2 aromatic carbocycles. The van der Waals surface area contributed by atoms with Crippen molar-refractivity contribution < 1.29 is 8.42 Å². The van der Waals surface area contributed by atoms with Crippen molar-refractivity contribution in [3.05, 3.63) is 64.2 Å². The van der Waals surface area contributed by atoms with Gasteiger partial charge in [-0.15, -0.1) is 0 Å². The Morgan fingerprint density at radius 3 is 2.35 bits per heavy atom. The van der Waals surface area contributed by atoms with Gasteiger partial charge in [-0.3, -0.25) is 0 Å². The van der Waals surface area contributed by atoms with E-state index in [1.165, 1.54) is 0 Å². The molecule has 0 saturated heterocycles. The van der Waals surface area contributed by atoms with Gasteiger partial charge in [0, 0.05) is 11.6 Å². The summed E-state index contributed by atoms with van der Waals surface area (Å²) in [6.45, 7) is 3.80. The molecular formula is C15H16ClNO2S. The van der Waals surface area contributed by atoms with Crippen molar-refractivity contribution in [3.8, 4) is 0 Å². The average molecular weight is 310 g/mol. The van der Waals surface area contributed by atoms with Gasteiger partial charge in [0.15, 0.2) is 0 Å². The summed E-state index contributed by atoms with van der Waals surface area (Å²) in [7, 11) is -3.54. The van der Waals surface area contributed by atoms with E-state index in [1.807, 2.05) is 30.3 Å².